The van der Waals surface area contributed by atoms with E-state index in [9.17, 15) is 0 Å². The highest BCUT2D eigenvalue weighted by Crippen LogP contribution is 2.31. The van der Waals surface area contributed by atoms with E-state index in [0.29, 0.717) is 6.04 Å². The van der Waals surface area contributed by atoms with Crippen LogP contribution in [0.1, 0.15) is 34.6 Å². The summed E-state index contributed by atoms with van der Waals surface area (Å²) >= 11 is 0. The van der Waals surface area contributed by atoms with Gasteiger partial charge in [0.15, 0.2) is 0 Å². The van der Waals surface area contributed by atoms with Crippen LogP contribution >= 0.6 is 0 Å². The van der Waals surface area contributed by atoms with Crippen LogP contribution in [0.3, 0.4) is 0 Å². The van der Waals surface area contributed by atoms with Gasteiger partial charge in [0.2, 0.25) is 0 Å². The fourth-order valence-corrected chi connectivity index (χ4v) is 3.37. The zero-order chi connectivity index (χ0) is 11.9. The Balaban J connectivity index is 2.96. The van der Waals surface area contributed by atoms with Crippen molar-refractivity contribution in [3.8, 4) is 0 Å². The number of hydrogen-bond acceptors (Lipinski definition) is 3. The van der Waals surface area contributed by atoms with Gasteiger partial charge in [0, 0.05) is 36.8 Å². The minimum Gasteiger partial charge on any atom is -0.329 e. The Morgan fingerprint density at radius 3 is 2.27 bits per heavy atom. The second-order valence-corrected chi connectivity index (χ2v) is 6.44. The van der Waals surface area contributed by atoms with E-state index < -0.39 is 0 Å². The van der Waals surface area contributed by atoms with Crippen LogP contribution in [0.4, 0.5) is 0 Å². The van der Waals surface area contributed by atoms with E-state index in [1.165, 1.54) is 0 Å². The lowest BCUT2D eigenvalue weighted by Crippen LogP contribution is -2.69. The highest BCUT2D eigenvalue weighted by Gasteiger charge is 2.43. The van der Waals surface area contributed by atoms with Crippen molar-refractivity contribution < 1.29 is 0 Å². The average Bonchev–Trinajstić information content (AvgIpc) is 1.97. The van der Waals surface area contributed by atoms with E-state index in [2.05, 4.69) is 51.5 Å². The van der Waals surface area contributed by atoms with Gasteiger partial charge >= 0.3 is 0 Å². The van der Waals surface area contributed by atoms with Crippen molar-refractivity contribution in [1.29, 1.82) is 0 Å². The van der Waals surface area contributed by atoms with E-state index in [1.54, 1.807) is 0 Å². The Morgan fingerprint density at radius 2 is 1.87 bits per heavy atom. The summed E-state index contributed by atoms with van der Waals surface area (Å²) in [5.74, 6) is 0. The summed E-state index contributed by atoms with van der Waals surface area (Å²) in [6.45, 7) is 14.4. The molecule has 0 spiro atoms. The molecule has 1 rings (SSSR count). The third kappa shape index (κ3) is 2.71. The SMILES string of the molecule is CN1CC(CN)N(C(C)(C)C)C(C)(C)C1. The number of likely N-dealkylation sites (N-methyl/N-ethyl adjacent to an activating group) is 1. The summed E-state index contributed by atoms with van der Waals surface area (Å²) in [4.78, 5) is 4.97. The van der Waals surface area contributed by atoms with Crippen LogP contribution < -0.4 is 5.73 Å². The van der Waals surface area contributed by atoms with Gasteiger partial charge in [-0.25, -0.2) is 0 Å². The summed E-state index contributed by atoms with van der Waals surface area (Å²) in [5.41, 5.74) is 6.30. The molecular formula is C12H27N3. The molecular weight excluding hydrogens is 186 g/mol. The molecule has 0 aromatic carbocycles. The van der Waals surface area contributed by atoms with Crippen LogP contribution in [0.25, 0.3) is 0 Å². The lowest BCUT2D eigenvalue weighted by molar-refractivity contribution is -0.0699. The maximum absolute atomic E-state index is 5.91. The first kappa shape index (κ1) is 12.9. The molecule has 90 valence electrons. The van der Waals surface area contributed by atoms with Crippen molar-refractivity contribution in [2.24, 2.45) is 5.73 Å². The Kier molecular flexibility index (Phi) is 3.49. The standard InChI is InChI=1S/C12H27N3/c1-11(2,3)15-10(7-13)8-14(6)9-12(15,4)5/h10H,7-9,13H2,1-6H3. The van der Waals surface area contributed by atoms with Crippen LogP contribution in [0.5, 0.6) is 0 Å². The molecule has 1 aliphatic rings. The normalized spacial score (nSPS) is 29.4. The first-order valence-corrected chi connectivity index (χ1v) is 5.86. The lowest BCUT2D eigenvalue weighted by atomic mass is 9.88. The molecule has 0 amide bonds. The quantitative estimate of drug-likeness (QED) is 0.709. The monoisotopic (exact) mass is 213 g/mol. The summed E-state index contributed by atoms with van der Waals surface area (Å²) < 4.78 is 0. The molecule has 0 aromatic rings. The smallest absolute Gasteiger partial charge is 0.0356 e. The van der Waals surface area contributed by atoms with Crippen molar-refractivity contribution in [2.75, 3.05) is 26.7 Å². The Hall–Kier alpha value is -0.120. The van der Waals surface area contributed by atoms with Gasteiger partial charge in [-0.1, -0.05) is 0 Å². The van der Waals surface area contributed by atoms with Gasteiger partial charge in [-0.2, -0.15) is 0 Å². The van der Waals surface area contributed by atoms with E-state index >= 15 is 0 Å². The van der Waals surface area contributed by atoms with Gasteiger partial charge < -0.3 is 10.6 Å². The molecule has 3 nitrogen and oxygen atoms in total. The fourth-order valence-electron chi connectivity index (χ4n) is 3.37. The van der Waals surface area contributed by atoms with Crippen LogP contribution in [-0.4, -0.2) is 53.6 Å². The van der Waals surface area contributed by atoms with Crippen molar-refractivity contribution in [3.05, 3.63) is 0 Å². The second kappa shape index (κ2) is 4.04. The molecule has 0 saturated carbocycles. The van der Waals surface area contributed by atoms with Crippen LogP contribution in [-0.2, 0) is 0 Å². The third-order valence-corrected chi connectivity index (χ3v) is 3.19. The zero-order valence-electron chi connectivity index (χ0n) is 11.2. The minimum atomic E-state index is 0.189. The van der Waals surface area contributed by atoms with Crippen LogP contribution in [0.15, 0.2) is 0 Å². The first-order valence-electron chi connectivity index (χ1n) is 5.86. The summed E-state index contributed by atoms with van der Waals surface area (Å²) in [6, 6.07) is 0.471. The molecule has 0 radical (unpaired) electrons. The van der Waals surface area contributed by atoms with Crippen molar-refractivity contribution in [2.45, 2.75) is 51.7 Å². The maximum Gasteiger partial charge on any atom is 0.0356 e. The van der Waals surface area contributed by atoms with E-state index in [1.807, 2.05) is 0 Å². The number of rotatable bonds is 1. The minimum absolute atomic E-state index is 0.189. The molecule has 0 bridgehead atoms. The van der Waals surface area contributed by atoms with Crippen LogP contribution in [0, 0.1) is 0 Å². The van der Waals surface area contributed by atoms with Gasteiger partial charge in [0.25, 0.3) is 0 Å². The Bertz CT molecular complexity index is 217. The van der Waals surface area contributed by atoms with E-state index in [0.717, 1.165) is 19.6 Å². The molecule has 1 heterocycles. The molecule has 3 heteroatoms. The number of piperazine rings is 1. The predicted molar refractivity (Wildman–Crippen MR) is 66.0 cm³/mol. The number of nitrogens with two attached hydrogens (primary N) is 1. The van der Waals surface area contributed by atoms with Gasteiger partial charge in [-0.05, 0) is 41.7 Å². The molecule has 0 aliphatic carbocycles. The van der Waals surface area contributed by atoms with Crippen LogP contribution in [0.2, 0.25) is 0 Å². The van der Waals surface area contributed by atoms with E-state index in [-0.39, 0.29) is 11.1 Å². The molecule has 0 aromatic heterocycles. The molecule has 15 heavy (non-hydrogen) atoms. The Labute approximate surface area is 94.6 Å². The molecule has 2 N–H and O–H groups in total. The molecule has 1 fully saturated rings. The second-order valence-electron chi connectivity index (χ2n) is 6.44. The molecule has 1 saturated heterocycles. The highest BCUT2D eigenvalue weighted by atomic mass is 15.4. The number of hydrogen-bond donors (Lipinski definition) is 1. The molecule has 1 aliphatic heterocycles. The highest BCUT2D eigenvalue weighted by molar-refractivity contribution is 5.00. The van der Waals surface area contributed by atoms with Gasteiger partial charge in [0.05, 0.1) is 0 Å². The predicted octanol–water partition coefficient (Wildman–Crippen LogP) is 1.14. The molecule has 1 unspecified atom stereocenters. The molecule has 1 atom stereocenters. The lowest BCUT2D eigenvalue weighted by Gasteiger charge is -2.56. The zero-order valence-corrected chi connectivity index (χ0v) is 11.2. The fraction of sp³-hybridized carbons (Fsp3) is 1.00. The van der Waals surface area contributed by atoms with Gasteiger partial charge in [0.1, 0.15) is 0 Å². The summed E-state index contributed by atoms with van der Waals surface area (Å²) in [7, 11) is 2.18. The van der Waals surface area contributed by atoms with Crippen molar-refractivity contribution in [1.82, 2.24) is 9.80 Å². The van der Waals surface area contributed by atoms with Crippen molar-refractivity contribution in [3.63, 3.8) is 0 Å². The number of nitrogens with zero attached hydrogens (tertiary/aromatic N) is 2. The topological polar surface area (TPSA) is 32.5 Å². The largest absolute Gasteiger partial charge is 0.329 e. The van der Waals surface area contributed by atoms with E-state index in [4.69, 9.17) is 5.73 Å². The average molecular weight is 213 g/mol. The summed E-state index contributed by atoms with van der Waals surface area (Å²) in [5, 5.41) is 0. The first-order chi connectivity index (χ1) is 6.68. The van der Waals surface area contributed by atoms with Gasteiger partial charge in [-0.3, -0.25) is 4.90 Å². The van der Waals surface area contributed by atoms with Gasteiger partial charge in [-0.15, -0.1) is 0 Å². The van der Waals surface area contributed by atoms with Crippen molar-refractivity contribution >= 4 is 0 Å². The Morgan fingerprint density at radius 1 is 1.33 bits per heavy atom. The third-order valence-electron chi connectivity index (χ3n) is 3.19. The summed E-state index contributed by atoms with van der Waals surface area (Å²) in [6.07, 6.45) is 0. The maximum atomic E-state index is 5.91.